The van der Waals surface area contributed by atoms with Crippen molar-refractivity contribution in [2.75, 3.05) is 0 Å². The molecule has 1 nitrogen and oxygen atoms in total. The van der Waals surface area contributed by atoms with Gasteiger partial charge in [0, 0.05) is 6.42 Å². The zero-order valence-electron chi connectivity index (χ0n) is 7.58. The zero-order chi connectivity index (χ0) is 8.97. The summed E-state index contributed by atoms with van der Waals surface area (Å²) in [6, 6.07) is 8.21. The summed E-state index contributed by atoms with van der Waals surface area (Å²) in [6.45, 7) is 4.32. The molecule has 0 aliphatic heterocycles. The third kappa shape index (κ3) is 2.19. The standard InChI is InChI=1S/C11H14O/c1-9(2)11-5-3-10(4-6-11)7-8-12/h3-6,8-9H,7H2,1-2H3. The van der Waals surface area contributed by atoms with Crippen molar-refractivity contribution < 1.29 is 4.79 Å². The van der Waals surface area contributed by atoms with Crippen molar-refractivity contribution in [2.24, 2.45) is 0 Å². The fourth-order valence-electron chi connectivity index (χ4n) is 1.13. The Morgan fingerprint density at radius 3 is 2.25 bits per heavy atom. The topological polar surface area (TPSA) is 17.1 Å². The van der Waals surface area contributed by atoms with Crippen molar-refractivity contribution in [1.82, 2.24) is 0 Å². The quantitative estimate of drug-likeness (QED) is 0.624. The van der Waals surface area contributed by atoms with E-state index >= 15 is 0 Å². The summed E-state index contributed by atoms with van der Waals surface area (Å²) in [7, 11) is 0. The molecule has 0 bridgehead atoms. The van der Waals surface area contributed by atoms with E-state index in [-0.39, 0.29) is 0 Å². The first-order valence-electron chi connectivity index (χ1n) is 4.26. The predicted octanol–water partition coefficient (Wildman–Crippen LogP) is 2.55. The maximum absolute atomic E-state index is 10.2. The zero-order valence-corrected chi connectivity index (χ0v) is 7.58. The summed E-state index contributed by atoms with van der Waals surface area (Å²) in [5.74, 6) is 0.565. The molecule has 1 aromatic rings. The second-order valence-electron chi connectivity index (χ2n) is 3.27. The summed E-state index contributed by atoms with van der Waals surface area (Å²) in [6.07, 6.45) is 1.46. The van der Waals surface area contributed by atoms with E-state index in [9.17, 15) is 4.79 Å². The average molecular weight is 162 g/mol. The number of aldehydes is 1. The summed E-state index contributed by atoms with van der Waals surface area (Å²) >= 11 is 0. The van der Waals surface area contributed by atoms with Crippen LogP contribution in [-0.2, 0) is 11.2 Å². The first-order chi connectivity index (χ1) is 5.74. The number of hydrogen-bond acceptors (Lipinski definition) is 1. The molecular formula is C11H14O. The van der Waals surface area contributed by atoms with E-state index in [1.807, 2.05) is 12.1 Å². The molecule has 0 aliphatic rings. The Hall–Kier alpha value is -1.11. The summed E-state index contributed by atoms with van der Waals surface area (Å²) in [5, 5.41) is 0. The van der Waals surface area contributed by atoms with E-state index in [0.29, 0.717) is 12.3 Å². The molecule has 0 atom stereocenters. The van der Waals surface area contributed by atoms with Crippen LogP contribution >= 0.6 is 0 Å². The van der Waals surface area contributed by atoms with Gasteiger partial charge in [-0.3, -0.25) is 0 Å². The maximum atomic E-state index is 10.2. The van der Waals surface area contributed by atoms with Crippen LogP contribution in [0.4, 0.5) is 0 Å². The van der Waals surface area contributed by atoms with Crippen molar-refractivity contribution in [3.8, 4) is 0 Å². The van der Waals surface area contributed by atoms with Crippen LogP contribution in [-0.4, -0.2) is 6.29 Å². The lowest BCUT2D eigenvalue weighted by Crippen LogP contribution is -1.89. The monoisotopic (exact) mass is 162 g/mol. The normalized spacial score (nSPS) is 10.2. The fourth-order valence-corrected chi connectivity index (χ4v) is 1.13. The number of benzene rings is 1. The lowest BCUT2D eigenvalue weighted by atomic mass is 10.0. The Morgan fingerprint density at radius 1 is 1.25 bits per heavy atom. The van der Waals surface area contributed by atoms with Crippen LogP contribution in [0, 0.1) is 0 Å². The molecule has 0 amide bonds. The van der Waals surface area contributed by atoms with Crippen molar-refractivity contribution in [1.29, 1.82) is 0 Å². The predicted molar refractivity (Wildman–Crippen MR) is 50.3 cm³/mol. The van der Waals surface area contributed by atoms with E-state index < -0.39 is 0 Å². The molecule has 0 heterocycles. The van der Waals surface area contributed by atoms with Crippen LogP contribution in [0.5, 0.6) is 0 Å². The van der Waals surface area contributed by atoms with Gasteiger partial charge >= 0.3 is 0 Å². The highest BCUT2D eigenvalue weighted by Gasteiger charge is 1.97. The SMILES string of the molecule is CC(C)c1ccc(CC=O)cc1. The van der Waals surface area contributed by atoms with E-state index in [2.05, 4.69) is 26.0 Å². The molecule has 12 heavy (non-hydrogen) atoms. The van der Waals surface area contributed by atoms with Crippen molar-refractivity contribution in [2.45, 2.75) is 26.2 Å². The molecule has 0 saturated carbocycles. The average Bonchev–Trinajstić information content (AvgIpc) is 2.06. The molecule has 0 unspecified atom stereocenters. The molecule has 0 aromatic heterocycles. The second kappa shape index (κ2) is 4.05. The van der Waals surface area contributed by atoms with E-state index in [4.69, 9.17) is 0 Å². The number of hydrogen-bond donors (Lipinski definition) is 0. The highest BCUT2D eigenvalue weighted by Crippen LogP contribution is 2.14. The molecule has 0 N–H and O–H groups in total. The molecule has 0 fully saturated rings. The van der Waals surface area contributed by atoms with Gasteiger partial charge in [0.05, 0.1) is 0 Å². The minimum absolute atomic E-state index is 0.526. The van der Waals surface area contributed by atoms with Gasteiger partial charge in [0.15, 0.2) is 0 Å². The van der Waals surface area contributed by atoms with Gasteiger partial charge in [0.25, 0.3) is 0 Å². The molecule has 0 radical (unpaired) electrons. The molecule has 1 aromatic carbocycles. The molecule has 1 heteroatoms. The first-order valence-corrected chi connectivity index (χ1v) is 4.26. The summed E-state index contributed by atoms with van der Waals surface area (Å²) in [4.78, 5) is 10.2. The highest BCUT2D eigenvalue weighted by atomic mass is 16.1. The first kappa shape index (κ1) is 8.98. The van der Waals surface area contributed by atoms with Gasteiger partial charge in [-0.1, -0.05) is 38.1 Å². The molecule has 1 rings (SSSR count). The molecule has 0 saturated heterocycles. The van der Waals surface area contributed by atoms with Crippen LogP contribution in [0.25, 0.3) is 0 Å². The van der Waals surface area contributed by atoms with Gasteiger partial charge in [-0.2, -0.15) is 0 Å². The minimum Gasteiger partial charge on any atom is -0.303 e. The molecule has 0 aliphatic carbocycles. The van der Waals surface area contributed by atoms with E-state index in [1.165, 1.54) is 5.56 Å². The Labute approximate surface area is 73.4 Å². The third-order valence-corrected chi connectivity index (χ3v) is 1.97. The maximum Gasteiger partial charge on any atom is 0.124 e. The number of rotatable bonds is 3. The Balaban J connectivity index is 2.78. The van der Waals surface area contributed by atoms with Gasteiger partial charge in [0.1, 0.15) is 6.29 Å². The Kier molecular flexibility index (Phi) is 3.03. The lowest BCUT2D eigenvalue weighted by molar-refractivity contribution is -0.107. The Morgan fingerprint density at radius 2 is 1.83 bits per heavy atom. The van der Waals surface area contributed by atoms with E-state index in [1.54, 1.807) is 0 Å². The van der Waals surface area contributed by atoms with Gasteiger partial charge in [-0.15, -0.1) is 0 Å². The van der Waals surface area contributed by atoms with Crippen LogP contribution in [0.1, 0.15) is 30.9 Å². The van der Waals surface area contributed by atoms with Crippen LogP contribution in [0.3, 0.4) is 0 Å². The Bertz CT molecular complexity index is 246. The number of carbonyl (C=O) groups is 1. The smallest absolute Gasteiger partial charge is 0.124 e. The third-order valence-electron chi connectivity index (χ3n) is 1.97. The summed E-state index contributed by atoms with van der Waals surface area (Å²) in [5.41, 5.74) is 2.42. The van der Waals surface area contributed by atoms with Gasteiger partial charge < -0.3 is 4.79 Å². The van der Waals surface area contributed by atoms with E-state index in [0.717, 1.165) is 11.8 Å². The highest BCUT2D eigenvalue weighted by molar-refractivity contribution is 5.54. The van der Waals surface area contributed by atoms with Crippen LogP contribution in [0.15, 0.2) is 24.3 Å². The van der Waals surface area contributed by atoms with Crippen LogP contribution < -0.4 is 0 Å². The van der Waals surface area contributed by atoms with Gasteiger partial charge in [-0.25, -0.2) is 0 Å². The largest absolute Gasteiger partial charge is 0.303 e. The fraction of sp³-hybridized carbons (Fsp3) is 0.364. The molecular weight excluding hydrogens is 148 g/mol. The van der Waals surface area contributed by atoms with Crippen molar-refractivity contribution in [3.05, 3.63) is 35.4 Å². The minimum atomic E-state index is 0.526. The van der Waals surface area contributed by atoms with Gasteiger partial charge in [-0.05, 0) is 17.0 Å². The van der Waals surface area contributed by atoms with Crippen molar-refractivity contribution in [3.63, 3.8) is 0 Å². The van der Waals surface area contributed by atoms with Crippen molar-refractivity contribution >= 4 is 6.29 Å². The van der Waals surface area contributed by atoms with Gasteiger partial charge in [0.2, 0.25) is 0 Å². The molecule has 0 spiro atoms. The second-order valence-corrected chi connectivity index (χ2v) is 3.27. The van der Waals surface area contributed by atoms with Crippen LogP contribution in [0.2, 0.25) is 0 Å². The summed E-state index contributed by atoms with van der Waals surface area (Å²) < 4.78 is 0. The molecule has 64 valence electrons. The number of carbonyl (C=O) groups excluding carboxylic acids is 1. The lowest BCUT2D eigenvalue weighted by Gasteiger charge is -2.04.